The topological polar surface area (TPSA) is 37.4 Å². The van der Waals surface area contributed by atoms with Crippen LogP contribution in [-0.2, 0) is 4.79 Å². The van der Waals surface area contributed by atoms with Gasteiger partial charge < -0.3 is 4.90 Å². The monoisotopic (exact) mass is 291 g/mol. The summed E-state index contributed by atoms with van der Waals surface area (Å²) >= 11 is 0. The Morgan fingerprint density at radius 1 is 1.14 bits per heavy atom. The molecule has 3 heteroatoms. The second-order valence-electron chi connectivity index (χ2n) is 3.68. The Morgan fingerprint density at radius 3 is 2.14 bits per heavy atom. The number of carbonyl (C=O) groups is 2. The van der Waals surface area contributed by atoms with Crippen LogP contribution in [0, 0.1) is 0 Å². The van der Waals surface area contributed by atoms with Gasteiger partial charge in [0.15, 0.2) is 5.78 Å². The highest BCUT2D eigenvalue weighted by molar-refractivity contribution is 6.05. The van der Waals surface area contributed by atoms with Gasteiger partial charge in [-0.05, 0) is 32.1 Å². The van der Waals surface area contributed by atoms with Crippen LogP contribution in [0.4, 0.5) is 5.69 Å². The zero-order chi connectivity index (χ0) is 16.8. The molecular formula is C18H29NO2. The average molecular weight is 291 g/mol. The number of carbonyl (C=O) groups excluding carboxylic acids is 2. The molecule has 1 aromatic rings. The molecule has 1 aromatic carbocycles. The number of hydrogen-bond acceptors (Lipinski definition) is 2. The Balaban J connectivity index is 0. The van der Waals surface area contributed by atoms with Gasteiger partial charge in [0, 0.05) is 24.7 Å². The SMILES string of the molecule is C/C=C/C(=O)c1cccc(N(CC)C(C)=O)c1.CC.CC. The number of amides is 1. The van der Waals surface area contributed by atoms with Gasteiger partial charge in [0.1, 0.15) is 0 Å². The molecule has 0 aliphatic rings. The molecule has 0 aliphatic heterocycles. The summed E-state index contributed by atoms with van der Waals surface area (Å²) in [5.74, 6) is -0.0721. The quantitative estimate of drug-likeness (QED) is 0.586. The van der Waals surface area contributed by atoms with Gasteiger partial charge in [0.05, 0.1) is 0 Å². The molecule has 1 amide bonds. The van der Waals surface area contributed by atoms with Crippen molar-refractivity contribution in [3.8, 4) is 0 Å². The predicted octanol–water partition coefficient (Wildman–Crippen LogP) is 4.87. The molecule has 1 rings (SSSR count). The minimum atomic E-state index is -0.0473. The van der Waals surface area contributed by atoms with Crippen molar-refractivity contribution in [3.63, 3.8) is 0 Å². The molecule has 0 atom stereocenters. The van der Waals surface area contributed by atoms with Crippen molar-refractivity contribution in [1.82, 2.24) is 0 Å². The second-order valence-corrected chi connectivity index (χ2v) is 3.68. The highest BCUT2D eigenvalue weighted by atomic mass is 16.2. The Morgan fingerprint density at radius 2 is 1.71 bits per heavy atom. The van der Waals surface area contributed by atoms with E-state index in [9.17, 15) is 9.59 Å². The number of ketones is 1. The zero-order valence-corrected chi connectivity index (χ0v) is 14.4. The standard InChI is InChI=1S/C14H17NO2.2C2H6/c1-4-7-14(17)12-8-6-9-13(10-12)15(5-2)11(3)16;2*1-2/h4,6-10H,5H2,1-3H3;2*1-2H3/b7-4+;;. The molecule has 0 radical (unpaired) electrons. The molecule has 0 unspecified atom stereocenters. The van der Waals surface area contributed by atoms with Crippen molar-refractivity contribution in [1.29, 1.82) is 0 Å². The van der Waals surface area contributed by atoms with E-state index in [-0.39, 0.29) is 11.7 Å². The van der Waals surface area contributed by atoms with Gasteiger partial charge in [0.2, 0.25) is 5.91 Å². The Bertz CT molecular complexity index is 450. The van der Waals surface area contributed by atoms with Gasteiger partial charge in [-0.1, -0.05) is 45.9 Å². The smallest absolute Gasteiger partial charge is 0.223 e. The third-order valence-electron chi connectivity index (χ3n) is 2.46. The number of benzene rings is 1. The van der Waals surface area contributed by atoms with Crippen LogP contribution in [0.15, 0.2) is 36.4 Å². The molecule has 0 heterocycles. The van der Waals surface area contributed by atoms with E-state index >= 15 is 0 Å². The normalized spacial score (nSPS) is 9.10. The van der Waals surface area contributed by atoms with E-state index in [0.29, 0.717) is 12.1 Å². The van der Waals surface area contributed by atoms with Gasteiger partial charge in [-0.15, -0.1) is 0 Å². The van der Waals surface area contributed by atoms with Gasteiger partial charge in [-0.25, -0.2) is 0 Å². The van der Waals surface area contributed by atoms with Crippen LogP contribution in [0.1, 0.15) is 58.8 Å². The Labute approximate surface area is 129 Å². The van der Waals surface area contributed by atoms with Gasteiger partial charge >= 0.3 is 0 Å². The van der Waals surface area contributed by atoms with E-state index in [1.807, 2.05) is 40.7 Å². The summed E-state index contributed by atoms with van der Waals surface area (Å²) in [5.41, 5.74) is 1.36. The maximum Gasteiger partial charge on any atom is 0.223 e. The minimum Gasteiger partial charge on any atom is -0.313 e. The number of rotatable bonds is 4. The number of hydrogen-bond donors (Lipinski definition) is 0. The third-order valence-corrected chi connectivity index (χ3v) is 2.46. The van der Waals surface area contributed by atoms with E-state index in [1.165, 1.54) is 13.0 Å². The van der Waals surface area contributed by atoms with Crippen LogP contribution in [0.25, 0.3) is 0 Å². The minimum absolute atomic E-state index is 0.0249. The van der Waals surface area contributed by atoms with E-state index in [0.717, 1.165) is 5.69 Å². The molecule has 0 aliphatic carbocycles. The van der Waals surface area contributed by atoms with E-state index < -0.39 is 0 Å². The van der Waals surface area contributed by atoms with Crippen LogP contribution in [0.5, 0.6) is 0 Å². The molecule has 0 fully saturated rings. The van der Waals surface area contributed by atoms with Gasteiger partial charge in [0.25, 0.3) is 0 Å². The molecule has 0 saturated heterocycles. The maximum absolute atomic E-state index is 11.7. The van der Waals surface area contributed by atoms with Crippen LogP contribution in [0.3, 0.4) is 0 Å². The Kier molecular flexibility index (Phi) is 13.3. The summed E-state index contributed by atoms with van der Waals surface area (Å²) in [7, 11) is 0. The lowest BCUT2D eigenvalue weighted by Gasteiger charge is -2.19. The molecular weight excluding hydrogens is 262 g/mol. The van der Waals surface area contributed by atoms with E-state index in [4.69, 9.17) is 0 Å². The number of allylic oxidation sites excluding steroid dienone is 2. The molecule has 0 spiro atoms. The average Bonchev–Trinajstić information content (AvgIpc) is 2.52. The fourth-order valence-corrected chi connectivity index (χ4v) is 1.66. The molecule has 0 bridgehead atoms. The van der Waals surface area contributed by atoms with E-state index in [2.05, 4.69) is 0 Å². The second kappa shape index (κ2) is 13.1. The third kappa shape index (κ3) is 7.45. The Hall–Kier alpha value is -1.90. The lowest BCUT2D eigenvalue weighted by atomic mass is 10.1. The van der Waals surface area contributed by atoms with Crippen molar-refractivity contribution < 1.29 is 9.59 Å². The highest BCUT2D eigenvalue weighted by Gasteiger charge is 2.10. The first-order valence-corrected chi connectivity index (χ1v) is 7.65. The van der Waals surface area contributed by atoms with Crippen molar-refractivity contribution >= 4 is 17.4 Å². The van der Waals surface area contributed by atoms with Crippen LogP contribution in [-0.4, -0.2) is 18.2 Å². The first-order chi connectivity index (χ1) is 10.1. The molecule has 0 N–H and O–H groups in total. The predicted molar refractivity (Wildman–Crippen MR) is 92.0 cm³/mol. The first-order valence-electron chi connectivity index (χ1n) is 7.65. The molecule has 3 nitrogen and oxygen atoms in total. The lowest BCUT2D eigenvalue weighted by Crippen LogP contribution is -2.27. The fourth-order valence-electron chi connectivity index (χ4n) is 1.66. The zero-order valence-electron chi connectivity index (χ0n) is 14.4. The van der Waals surface area contributed by atoms with Crippen molar-refractivity contribution in [2.45, 2.75) is 48.5 Å². The van der Waals surface area contributed by atoms with Crippen LogP contribution >= 0.6 is 0 Å². The van der Waals surface area contributed by atoms with Crippen LogP contribution < -0.4 is 4.90 Å². The number of nitrogens with zero attached hydrogens (tertiary/aromatic N) is 1. The lowest BCUT2D eigenvalue weighted by molar-refractivity contribution is -0.116. The van der Waals surface area contributed by atoms with Gasteiger partial charge in [-0.3, -0.25) is 9.59 Å². The molecule has 0 aromatic heterocycles. The first kappa shape index (κ1) is 21.4. The molecule has 118 valence electrons. The highest BCUT2D eigenvalue weighted by Crippen LogP contribution is 2.17. The summed E-state index contributed by atoms with van der Waals surface area (Å²) < 4.78 is 0. The van der Waals surface area contributed by atoms with Crippen molar-refractivity contribution in [3.05, 3.63) is 42.0 Å². The van der Waals surface area contributed by atoms with Crippen LogP contribution in [0.2, 0.25) is 0 Å². The fraction of sp³-hybridized carbons (Fsp3) is 0.444. The maximum atomic E-state index is 11.7. The van der Waals surface area contributed by atoms with E-state index in [1.54, 1.807) is 36.1 Å². The summed E-state index contributed by atoms with van der Waals surface area (Å²) in [6, 6.07) is 7.11. The summed E-state index contributed by atoms with van der Waals surface area (Å²) in [5, 5.41) is 0. The summed E-state index contributed by atoms with van der Waals surface area (Å²) in [6.07, 6.45) is 3.22. The largest absolute Gasteiger partial charge is 0.313 e. The van der Waals surface area contributed by atoms with Gasteiger partial charge in [-0.2, -0.15) is 0 Å². The molecule has 0 saturated carbocycles. The summed E-state index contributed by atoms with van der Waals surface area (Å²) in [6.45, 7) is 13.8. The molecule has 21 heavy (non-hydrogen) atoms. The summed E-state index contributed by atoms with van der Waals surface area (Å²) in [4.78, 5) is 24.7. The number of anilines is 1. The van der Waals surface area contributed by atoms with Crippen molar-refractivity contribution in [2.24, 2.45) is 0 Å². The van der Waals surface area contributed by atoms with Crippen molar-refractivity contribution in [2.75, 3.05) is 11.4 Å².